The molecule has 0 amide bonds. The predicted octanol–water partition coefficient (Wildman–Crippen LogP) is 1.74. The topological polar surface area (TPSA) is 64.4 Å². The van der Waals surface area contributed by atoms with E-state index >= 15 is 0 Å². The van der Waals surface area contributed by atoms with E-state index < -0.39 is 0 Å². The van der Waals surface area contributed by atoms with E-state index in [1.54, 1.807) is 7.05 Å². The van der Waals surface area contributed by atoms with E-state index in [0.717, 1.165) is 0 Å². The van der Waals surface area contributed by atoms with E-state index in [0.29, 0.717) is 0 Å². The fourth-order valence-corrected chi connectivity index (χ4v) is 0. The number of nitrogens with two attached hydrogens (primary N) is 2. The van der Waals surface area contributed by atoms with E-state index in [9.17, 15) is 0 Å². The summed E-state index contributed by atoms with van der Waals surface area (Å²) in [6.07, 6.45) is 2.50. The SMILES string of the molecule is C=CN.CC.CC.CN=CN. The zero-order valence-corrected chi connectivity index (χ0v) is 8.46. The van der Waals surface area contributed by atoms with Gasteiger partial charge in [-0.25, -0.2) is 0 Å². The van der Waals surface area contributed by atoms with Crippen molar-refractivity contribution >= 4 is 6.34 Å². The molecule has 0 aliphatic heterocycles. The molecule has 4 N–H and O–H groups in total. The van der Waals surface area contributed by atoms with E-state index in [2.05, 4.69) is 17.3 Å². The number of aliphatic imine (C=N–C) groups is 1. The third kappa shape index (κ3) is 4430000. The average Bonchev–Trinajstić information content (AvgIpc) is 2.12. The van der Waals surface area contributed by atoms with Crippen molar-refractivity contribution in [3.05, 3.63) is 12.8 Å². The second-order valence-corrected chi connectivity index (χ2v) is 0.643. The van der Waals surface area contributed by atoms with Crippen LogP contribution in [0.25, 0.3) is 0 Å². The Kier molecular flexibility index (Phi) is 293. The first-order chi connectivity index (χ1) is 5.33. The molecule has 0 aromatic rings. The second kappa shape index (κ2) is 143. The molecule has 0 aromatic carbocycles. The van der Waals surface area contributed by atoms with Gasteiger partial charge in [0.15, 0.2) is 0 Å². The lowest BCUT2D eigenvalue weighted by atomic mass is 11.0. The van der Waals surface area contributed by atoms with Crippen LogP contribution in [0.5, 0.6) is 0 Å². The highest BCUT2D eigenvalue weighted by molar-refractivity contribution is 5.50. The van der Waals surface area contributed by atoms with Gasteiger partial charge < -0.3 is 11.5 Å². The van der Waals surface area contributed by atoms with Crippen LogP contribution < -0.4 is 11.5 Å². The Morgan fingerprint density at radius 3 is 1.18 bits per heavy atom. The Morgan fingerprint density at radius 2 is 1.18 bits per heavy atom. The standard InChI is InChI=1S/C2H6N2.C2H5N.2C2H6/c1-4-2-3;1-2-3;2*1-2/h2H,1H3,(H2,3,4);2H,1,3H2;2*1-2H3. The van der Waals surface area contributed by atoms with E-state index in [1.807, 2.05) is 27.7 Å². The fourth-order valence-electron chi connectivity index (χ4n) is 0. The largest absolute Gasteiger partial charge is 0.405 e. The Morgan fingerprint density at radius 1 is 1.09 bits per heavy atom. The summed E-state index contributed by atoms with van der Waals surface area (Å²) < 4.78 is 0. The molecule has 0 radical (unpaired) electrons. The second-order valence-electron chi connectivity index (χ2n) is 0.643. The summed E-state index contributed by atoms with van der Waals surface area (Å²) in [7, 11) is 1.62. The van der Waals surface area contributed by atoms with Gasteiger partial charge in [0.2, 0.25) is 0 Å². The van der Waals surface area contributed by atoms with Crippen LogP contribution in [0.4, 0.5) is 0 Å². The quantitative estimate of drug-likeness (QED) is 0.420. The molecule has 0 aliphatic rings. The van der Waals surface area contributed by atoms with Gasteiger partial charge in [0, 0.05) is 7.05 Å². The maximum absolute atomic E-state index is 4.74. The highest BCUT2D eigenvalue weighted by Gasteiger charge is 1.30. The van der Waals surface area contributed by atoms with Crippen LogP contribution in [0.3, 0.4) is 0 Å². The number of nitrogens with zero attached hydrogens (tertiary/aromatic N) is 1. The Labute approximate surface area is 71.2 Å². The van der Waals surface area contributed by atoms with E-state index in [-0.39, 0.29) is 0 Å². The lowest BCUT2D eigenvalue weighted by Gasteiger charge is -1.55. The van der Waals surface area contributed by atoms with Gasteiger partial charge in [0.05, 0.1) is 6.34 Å². The summed E-state index contributed by atoms with van der Waals surface area (Å²) in [5.74, 6) is 0. The molecular formula is C8H23N3. The van der Waals surface area contributed by atoms with Gasteiger partial charge in [-0.3, -0.25) is 4.99 Å². The molecule has 11 heavy (non-hydrogen) atoms. The first-order valence-corrected chi connectivity index (χ1v) is 3.78. The molecule has 3 heteroatoms. The molecule has 0 rings (SSSR count). The normalized spacial score (nSPS) is 5.55. The lowest BCUT2D eigenvalue weighted by Crippen LogP contribution is -1.84. The minimum absolute atomic E-state index is 1.25. The van der Waals surface area contributed by atoms with Crippen molar-refractivity contribution in [1.82, 2.24) is 0 Å². The molecule has 0 aliphatic carbocycles. The third-order valence-corrected chi connectivity index (χ3v) is 0.149. The Hall–Kier alpha value is -0.990. The molecule has 0 aromatic heterocycles. The third-order valence-electron chi connectivity index (χ3n) is 0.149. The average molecular weight is 161 g/mol. The summed E-state index contributed by atoms with van der Waals surface area (Å²) >= 11 is 0. The van der Waals surface area contributed by atoms with Gasteiger partial charge in [0.1, 0.15) is 0 Å². The molecule has 0 saturated heterocycles. The predicted molar refractivity (Wildman–Crippen MR) is 55.7 cm³/mol. The molecule has 0 saturated carbocycles. The van der Waals surface area contributed by atoms with Crippen LogP contribution >= 0.6 is 0 Å². The van der Waals surface area contributed by atoms with Crippen molar-refractivity contribution in [3.63, 3.8) is 0 Å². The van der Waals surface area contributed by atoms with E-state index in [1.165, 1.54) is 12.5 Å². The molecule has 0 heterocycles. The smallest absolute Gasteiger partial charge is 0.0794 e. The molecule has 0 fully saturated rings. The van der Waals surface area contributed by atoms with Crippen LogP contribution in [0, 0.1) is 0 Å². The highest BCUT2D eigenvalue weighted by atomic mass is 14.7. The minimum atomic E-state index is 1.25. The minimum Gasteiger partial charge on any atom is -0.405 e. The first kappa shape index (κ1) is 22.5. The van der Waals surface area contributed by atoms with Crippen molar-refractivity contribution in [1.29, 1.82) is 0 Å². The summed E-state index contributed by atoms with van der Waals surface area (Å²) in [6.45, 7) is 11.1. The summed E-state index contributed by atoms with van der Waals surface area (Å²) in [5.41, 5.74) is 9.35. The summed E-state index contributed by atoms with van der Waals surface area (Å²) in [4.78, 5) is 3.39. The van der Waals surface area contributed by atoms with Crippen molar-refractivity contribution < 1.29 is 0 Å². The fraction of sp³-hybridized carbons (Fsp3) is 0.625. The van der Waals surface area contributed by atoms with Gasteiger partial charge in [-0.15, -0.1) is 0 Å². The van der Waals surface area contributed by atoms with Gasteiger partial charge in [0.25, 0.3) is 0 Å². The summed E-state index contributed by atoms with van der Waals surface area (Å²) in [6, 6.07) is 0. The van der Waals surface area contributed by atoms with Gasteiger partial charge in [-0.05, 0) is 6.20 Å². The van der Waals surface area contributed by atoms with Gasteiger partial charge >= 0.3 is 0 Å². The first-order valence-electron chi connectivity index (χ1n) is 3.78. The number of hydrogen-bond donors (Lipinski definition) is 2. The van der Waals surface area contributed by atoms with Crippen molar-refractivity contribution in [2.24, 2.45) is 16.5 Å². The van der Waals surface area contributed by atoms with Crippen molar-refractivity contribution in [3.8, 4) is 0 Å². The van der Waals surface area contributed by atoms with Gasteiger partial charge in [-0.1, -0.05) is 34.3 Å². The molecule has 0 unspecified atom stereocenters. The molecule has 0 spiro atoms. The van der Waals surface area contributed by atoms with E-state index in [4.69, 9.17) is 5.73 Å². The molecular weight excluding hydrogens is 138 g/mol. The molecule has 0 bridgehead atoms. The Balaban J connectivity index is -0.0000000315. The maximum Gasteiger partial charge on any atom is 0.0794 e. The maximum atomic E-state index is 4.74. The van der Waals surface area contributed by atoms with Crippen LogP contribution in [0.15, 0.2) is 17.8 Å². The number of hydrogen-bond acceptors (Lipinski definition) is 2. The molecule has 3 nitrogen and oxygen atoms in total. The molecule has 0 atom stereocenters. The van der Waals surface area contributed by atoms with Crippen LogP contribution in [-0.2, 0) is 0 Å². The molecule has 70 valence electrons. The van der Waals surface area contributed by atoms with Crippen molar-refractivity contribution in [2.75, 3.05) is 7.05 Å². The lowest BCUT2D eigenvalue weighted by molar-refractivity contribution is 1.45. The number of rotatable bonds is 0. The van der Waals surface area contributed by atoms with Crippen LogP contribution in [0.2, 0.25) is 0 Å². The van der Waals surface area contributed by atoms with Gasteiger partial charge in [-0.2, -0.15) is 0 Å². The Bertz CT molecular complexity index is 47.3. The van der Waals surface area contributed by atoms with Crippen LogP contribution in [0.1, 0.15) is 27.7 Å². The summed E-state index contributed by atoms with van der Waals surface area (Å²) in [5, 5.41) is 0. The monoisotopic (exact) mass is 161 g/mol. The van der Waals surface area contributed by atoms with Crippen molar-refractivity contribution in [2.45, 2.75) is 27.7 Å². The highest BCUT2D eigenvalue weighted by Crippen LogP contribution is 1.29. The zero-order chi connectivity index (χ0) is 10.1. The van der Waals surface area contributed by atoms with Crippen LogP contribution in [-0.4, -0.2) is 13.4 Å². The zero-order valence-electron chi connectivity index (χ0n) is 8.46.